The highest BCUT2D eigenvalue weighted by Crippen LogP contribution is 2.24. The SMILES string of the molecule is CC(C)(F)c1coc(CC2CCNC2)n1. The second-order valence-electron chi connectivity index (χ2n) is 4.66. The molecule has 0 aliphatic carbocycles. The van der Waals surface area contributed by atoms with Gasteiger partial charge in [0.25, 0.3) is 0 Å². The van der Waals surface area contributed by atoms with Crippen molar-refractivity contribution in [3.8, 4) is 0 Å². The van der Waals surface area contributed by atoms with Crippen LogP contribution in [-0.2, 0) is 12.1 Å². The molecule has 3 nitrogen and oxygen atoms in total. The molecule has 1 aliphatic heterocycles. The summed E-state index contributed by atoms with van der Waals surface area (Å²) in [4.78, 5) is 4.18. The average Bonchev–Trinajstić information content (AvgIpc) is 2.73. The molecule has 1 fully saturated rings. The lowest BCUT2D eigenvalue weighted by Gasteiger charge is -2.08. The fourth-order valence-electron chi connectivity index (χ4n) is 1.81. The van der Waals surface area contributed by atoms with Crippen molar-refractivity contribution < 1.29 is 8.81 Å². The van der Waals surface area contributed by atoms with Crippen molar-refractivity contribution in [2.45, 2.75) is 32.4 Å². The molecule has 1 N–H and O–H groups in total. The zero-order valence-corrected chi connectivity index (χ0v) is 9.22. The van der Waals surface area contributed by atoms with Gasteiger partial charge in [-0.1, -0.05) is 0 Å². The maximum atomic E-state index is 13.5. The highest BCUT2D eigenvalue weighted by Gasteiger charge is 2.24. The van der Waals surface area contributed by atoms with E-state index in [4.69, 9.17) is 4.42 Å². The fourth-order valence-corrected chi connectivity index (χ4v) is 1.81. The van der Waals surface area contributed by atoms with E-state index in [0.29, 0.717) is 17.5 Å². The van der Waals surface area contributed by atoms with Gasteiger partial charge in [0, 0.05) is 6.42 Å². The Labute approximate surface area is 89.1 Å². The van der Waals surface area contributed by atoms with E-state index in [2.05, 4.69) is 10.3 Å². The van der Waals surface area contributed by atoms with Gasteiger partial charge in [0.15, 0.2) is 5.89 Å². The van der Waals surface area contributed by atoms with E-state index in [0.717, 1.165) is 25.9 Å². The van der Waals surface area contributed by atoms with Gasteiger partial charge in [0.1, 0.15) is 17.6 Å². The number of nitrogens with one attached hydrogen (secondary N) is 1. The molecule has 2 heterocycles. The third-order valence-electron chi connectivity index (χ3n) is 2.79. The minimum Gasteiger partial charge on any atom is -0.449 e. The third-order valence-corrected chi connectivity index (χ3v) is 2.79. The quantitative estimate of drug-likeness (QED) is 0.833. The van der Waals surface area contributed by atoms with Crippen LogP contribution in [0.4, 0.5) is 4.39 Å². The van der Waals surface area contributed by atoms with Crippen LogP contribution in [0.2, 0.25) is 0 Å². The van der Waals surface area contributed by atoms with Gasteiger partial charge in [-0.3, -0.25) is 0 Å². The molecular weight excluding hydrogens is 195 g/mol. The second kappa shape index (κ2) is 3.93. The molecule has 4 heteroatoms. The van der Waals surface area contributed by atoms with Gasteiger partial charge in [-0.15, -0.1) is 0 Å². The van der Waals surface area contributed by atoms with Gasteiger partial charge < -0.3 is 9.73 Å². The molecule has 15 heavy (non-hydrogen) atoms. The van der Waals surface area contributed by atoms with Crippen LogP contribution in [0.25, 0.3) is 0 Å². The molecule has 0 spiro atoms. The fraction of sp³-hybridized carbons (Fsp3) is 0.727. The molecule has 0 aromatic carbocycles. The number of oxazole rings is 1. The van der Waals surface area contributed by atoms with Crippen LogP contribution in [0.3, 0.4) is 0 Å². The standard InChI is InChI=1S/C11H17FN2O/c1-11(2,12)9-7-15-10(14-9)5-8-3-4-13-6-8/h7-8,13H,3-6H2,1-2H3. The van der Waals surface area contributed by atoms with Crippen LogP contribution in [0.15, 0.2) is 10.7 Å². The smallest absolute Gasteiger partial charge is 0.194 e. The van der Waals surface area contributed by atoms with Crippen LogP contribution in [0.5, 0.6) is 0 Å². The first kappa shape index (κ1) is 10.6. The first-order valence-electron chi connectivity index (χ1n) is 5.40. The van der Waals surface area contributed by atoms with Crippen LogP contribution < -0.4 is 5.32 Å². The van der Waals surface area contributed by atoms with Gasteiger partial charge >= 0.3 is 0 Å². The van der Waals surface area contributed by atoms with E-state index in [1.807, 2.05) is 0 Å². The molecule has 1 aromatic heterocycles. The number of halogens is 1. The summed E-state index contributed by atoms with van der Waals surface area (Å²) in [7, 11) is 0. The van der Waals surface area contributed by atoms with Gasteiger partial charge in [0.2, 0.25) is 0 Å². The normalized spacial score (nSPS) is 22.2. The van der Waals surface area contributed by atoms with Crippen LogP contribution in [0.1, 0.15) is 31.9 Å². The molecule has 0 amide bonds. The largest absolute Gasteiger partial charge is 0.449 e. The van der Waals surface area contributed by atoms with Gasteiger partial charge in [-0.25, -0.2) is 9.37 Å². The Kier molecular flexibility index (Phi) is 2.78. The van der Waals surface area contributed by atoms with E-state index in [1.165, 1.54) is 20.1 Å². The summed E-state index contributed by atoms with van der Waals surface area (Å²) in [5, 5.41) is 3.29. The van der Waals surface area contributed by atoms with E-state index in [-0.39, 0.29) is 0 Å². The molecule has 1 aromatic rings. The third kappa shape index (κ3) is 2.56. The topological polar surface area (TPSA) is 38.1 Å². The van der Waals surface area contributed by atoms with Gasteiger partial charge in [-0.05, 0) is 39.3 Å². The zero-order chi connectivity index (χ0) is 10.9. The molecule has 0 bridgehead atoms. The summed E-state index contributed by atoms with van der Waals surface area (Å²) in [6.45, 7) is 5.06. The molecule has 1 atom stereocenters. The number of hydrogen-bond acceptors (Lipinski definition) is 3. The highest BCUT2D eigenvalue weighted by molar-refractivity contribution is 5.06. The van der Waals surface area contributed by atoms with Gasteiger partial charge in [0.05, 0.1) is 0 Å². The van der Waals surface area contributed by atoms with Crippen molar-refractivity contribution in [2.75, 3.05) is 13.1 Å². The van der Waals surface area contributed by atoms with Crippen LogP contribution in [0, 0.1) is 5.92 Å². The van der Waals surface area contributed by atoms with Crippen molar-refractivity contribution in [2.24, 2.45) is 5.92 Å². The Bertz CT molecular complexity index is 324. The molecule has 1 unspecified atom stereocenters. The van der Waals surface area contributed by atoms with Crippen molar-refractivity contribution in [3.05, 3.63) is 17.8 Å². The summed E-state index contributed by atoms with van der Waals surface area (Å²) in [5.41, 5.74) is -1.01. The minimum atomic E-state index is -1.41. The monoisotopic (exact) mass is 212 g/mol. The number of nitrogens with zero attached hydrogens (tertiary/aromatic N) is 1. The second-order valence-corrected chi connectivity index (χ2v) is 4.66. The van der Waals surface area contributed by atoms with E-state index in [1.54, 1.807) is 0 Å². The molecule has 0 saturated carbocycles. The predicted molar refractivity (Wildman–Crippen MR) is 55.3 cm³/mol. The molecule has 1 aliphatic rings. The lowest BCUT2D eigenvalue weighted by atomic mass is 10.1. The molecule has 0 radical (unpaired) electrons. The minimum absolute atomic E-state index is 0.392. The Morgan fingerprint density at radius 1 is 1.67 bits per heavy atom. The van der Waals surface area contributed by atoms with Gasteiger partial charge in [-0.2, -0.15) is 0 Å². The molecule has 1 saturated heterocycles. The summed E-state index contributed by atoms with van der Waals surface area (Å²) in [5.74, 6) is 1.24. The van der Waals surface area contributed by atoms with E-state index in [9.17, 15) is 4.39 Å². The Morgan fingerprint density at radius 3 is 3.00 bits per heavy atom. The Hall–Kier alpha value is -0.900. The maximum Gasteiger partial charge on any atom is 0.194 e. The van der Waals surface area contributed by atoms with E-state index >= 15 is 0 Å². The van der Waals surface area contributed by atoms with Crippen molar-refractivity contribution >= 4 is 0 Å². The number of rotatable bonds is 3. The molecule has 2 rings (SSSR count). The predicted octanol–water partition coefficient (Wildman–Crippen LogP) is 2.03. The van der Waals surface area contributed by atoms with Crippen molar-refractivity contribution in [1.29, 1.82) is 0 Å². The number of alkyl halides is 1. The average molecular weight is 212 g/mol. The summed E-state index contributed by atoms with van der Waals surface area (Å²) < 4.78 is 18.8. The van der Waals surface area contributed by atoms with Crippen LogP contribution >= 0.6 is 0 Å². The molecule has 84 valence electrons. The van der Waals surface area contributed by atoms with Crippen LogP contribution in [-0.4, -0.2) is 18.1 Å². The lowest BCUT2D eigenvalue weighted by Crippen LogP contribution is -2.12. The number of hydrogen-bond donors (Lipinski definition) is 1. The zero-order valence-electron chi connectivity index (χ0n) is 9.22. The van der Waals surface area contributed by atoms with Crippen molar-refractivity contribution in [1.82, 2.24) is 10.3 Å². The first-order chi connectivity index (χ1) is 7.05. The first-order valence-corrected chi connectivity index (χ1v) is 5.40. The lowest BCUT2D eigenvalue weighted by molar-refractivity contribution is 0.214. The summed E-state index contributed by atoms with van der Waals surface area (Å²) >= 11 is 0. The Balaban J connectivity index is 2.00. The maximum absolute atomic E-state index is 13.5. The Morgan fingerprint density at radius 2 is 2.47 bits per heavy atom. The van der Waals surface area contributed by atoms with Crippen molar-refractivity contribution in [3.63, 3.8) is 0 Å². The highest BCUT2D eigenvalue weighted by atomic mass is 19.1. The van der Waals surface area contributed by atoms with E-state index < -0.39 is 5.67 Å². The summed E-state index contributed by atoms with van der Waals surface area (Å²) in [6, 6.07) is 0. The molecular formula is C11H17FN2O. The summed E-state index contributed by atoms with van der Waals surface area (Å²) in [6.07, 6.45) is 3.39. The number of aromatic nitrogens is 1.